The van der Waals surface area contributed by atoms with E-state index in [0.717, 1.165) is 37.3 Å². The van der Waals surface area contributed by atoms with Gasteiger partial charge in [-0.2, -0.15) is 5.26 Å². The van der Waals surface area contributed by atoms with E-state index in [-0.39, 0.29) is 6.10 Å². The molecule has 1 fully saturated rings. The molecule has 0 unspecified atom stereocenters. The van der Waals surface area contributed by atoms with Crippen LogP contribution in [0, 0.1) is 25.2 Å². The molecule has 0 spiro atoms. The van der Waals surface area contributed by atoms with E-state index in [1.165, 1.54) is 6.20 Å². The second kappa shape index (κ2) is 6.57. The van der Waals surface area contributed by atoms with Crippen LogP contribution in [0.4, 0.5) is 5.82 Å². The summed E-state index contributed by atoms with van der Waals surface area (Å²) in [5, 5.41) is 9.13. The van der Waals surface area contributed by atoms with Gasteiger partial charge in [-0.05, 0) is 13.8 Å². The summed E-state index contributed by atoms with van der Waals surface area (Å²) in [5.74, 6) is 1.26. The first-order valence-electron chi connectivity index (χ1n) is 7.60. The lowest BCUT2D eigenvalue weighted by atomic mass is 10.1. The predicted octanol–water partition coefficient (Wildman–Crippen LogP) is 1.80. The predicted molar refractivity (Wildman–Crippen MR) is 84.1 cm³/mol. The third kappa shape index (κ3) is 3.37. The Bertz CT molecular complexity index is 734. The monoisotopic (exact) mass is 310 g/mol. The minimum atomic E-state index is 0.100. The summed E-state index contributed by atoms with van der Waals surface area (Å²) in [5.41, 5.74) is 2.02. The first kappa shape index (κ1) is 15.2. The molecule has 3 rings (SSSR count). The van der Waals surface area contributed by atoms with Crippen molar-refractivity contribution < 1.29 is 4.74 Å². The smallest absolute Gasteiger partial charge is 0.235 e. The second-order valence-electron chi connectivity index (χ2n) is 5.55. The standard InChI is InChI=1S/C16H18N6O/c1-11-10-20-12(2)16(21-11)23-13-3-7-22(8-4-13)15-14(9-17)18-5-6-19-15/h5-6,10,13H,3-4,7-8H2,1-2H3. The number of nitrogens with zero attached hydrogens (tertiary/aromatic N) is 6. The third-order valence-corrected chi connectivity index (χ3v) is 3.84. The van der Waals surface area contributed by atoms with E-state index in [4.69, 9.17) is 10.00 Å². The molecule has 0 bridgehead atoms. The fraction of sp³-hybridized carbons (Fsp3) is 0.438. The zero-order valence-corrected chi connectivity index (χ0v) is 13.2. The Morgan fingerprint density at radius 2 is 1.91 bits per heavy atom. The quantitative estimate of drug-likeness (QED) is 0.854. The molecule has 0 N–H and O–H groups in total. The van der Waals surface area contributed by atoms with Gasteiger partial charge >= 0.3 is 0 Å². The van der Waals surface area contributed by atoms with Crippen molar-refractivity contribution in [1.82, 2.24) is 19.9 Å². The minimum Gasteiger partial charge on any atom is -0.473 e. The normalized spacial score (nSPS) is 15.3. The zero-order valence-electron chi connectivity index (χ0n) is 13.2. The molecule has 0 atom stereocenters. The molecule has 1 saturated heterocycles. The molecule has 118 valence electrons. The third-order valence-electron chi connectivity index (χ3n) is 3.84. The number of rotatable bonds is 3. The summed E-state index contributed by atoms with van der Waals surface area (Å²) in [4.78, 5) is 19.1. The molecule has 7 nitrogen and oxygen atoms in total. The van der Waals surface area contributed by atoms with Crippen molar-refractivity contribution in [2.75, 3.05) is 18.0 Å². The lowest BCUT2D eigenvalue weighted by Crippen LogP contribution is -2.39. The Balaban J connectivity index is 1.65. The molecule has 0 radical (unpaired) electrons. The average Bonchev–Trinajstić information content (AvgIpc) is 2.59. The summed E-state index contributed by atoms with van der Waals surface area (Å²) in [6, 6.07) is 2.09. The molecule has 2 aromatic rings. The number of aromatic nitrogens is 4. The summed E-state index contributed by atoms with van der Waals surface area (Å²) < 4.78 is 6.01. The van der Waals surface area contributed by atoms with E-state index >= 15 is 0 Å². The number of piperidine rings is 1. The van der Waals surface area contributed by atoms with Crippen LogP contribution < -0.4 is 9.64 Å². The highest BCUT2D eigenvalue weighted by atomic mass is 16.5. The van der Waals surface area contributed by atoms with Crippen LogP contribution in [-0.2, 0) is 0 Å². The van der Waals surface area contributed by atoms with Gasteiger partial charge in [0.15, 0.2) is 11.5 Å². The van der Waals surface area contributed by atoms with Crippen LogP contribution in [0.5, 0.6) is 5.88 Å². The van der Waals surface area contributed by atoms with Crippen LogP contribution in [0.25, 0.3) is 0 Å². The van der Waals surface area contributed by atoms with Crippen LogP contribution in [0.1, 0.15) is 29.9 Å². The van der Waals surface area contributed by atoms with Gasteiger partial charge in [0.2, 0.25) is 5.88 Å². The highest BCUT2D eigenvalue weighted by Gasteiger charge is 2.24. The molecule has 23 heavy (non-hydrogen) atoms. The van der Waals surface area contributed by atoms with Gasteiger partial charge in [-0.25, -0.2) is 15.0 Å². The SMILES string of the molecule is Cc1cnc(C)c(OC2CCN(c3nccnc3C#N)CC2)n1. The molecule has 2 aromatic heterocycles. The maximum atomic E-state index is 9.13. The van der Waals surface area contributed by atoms with E-state index in [2.05, 4.69) is 30.9 Å². The molecular weight excluding hydrogens is 292 g/mol. The molecule has 7 heteroatoms. The summed E-state index contributed by atoms with van der Waals surface area (Å²) >= 11 is 0. The molecule has 0 aromatic carbocycles. The van der Waals surface area contributed by atoms with Crippen molar-refractivity contribution in [2.24, 2.45) is 0 Å². The van der Waals surface area contributed by atoms with Crippen LogP contribution >= 0.6 is 0 Å². The summed E-state index contributed by atoms with van der Waals surface area (Å²) in [7, 11) is 0. The lowest BCUT2D eigenvalue weighted by molar-refractivity contribution is 0.161. The summed E-state index contributed by atoms with van der Waals surface area (Å²) in [6.07, 6.45) is 6.68. The van der Waals surface area contributed by atoms with Crippen LogP contribution in [0.15, 0.2) is 18.6 Å². The lowest BCUT2D eigenvalue weighted by Gasteiger charge is -2.32. The van der Waals surface area contributed by atoms with Gasteiger partial charge < -0.3 is 9.64 Å². The Hall–Kier alpha value is -2.75. The first-order chi connectivity index (χ1) is 11.2. The second-order valence-corrected chi connectivity index (χ2v) is 5.55. The number of nitriles is 1. The number of hydrogen-bond donors (Lipinski definition) is 0. The van der Waals surface area contributed by atoms with Crippen LogP contribution in [-0.4, -0.2) is 39.1 Å². The highest BCUT2D eigenvalue weighted by Crippen LogP contribution is 2.23. The molecule has 1 aliphatic rings. The average molecular weight is 310 g/mol. The van der Waals surface area contributed by atoms with E-state index in [9.17, 15) is 0 Å². The molecule has 0 saturated carbocycles. The topological polar surface area (TPSA) is 87.8 Å². The highest BCUT2D eigenvalue weighted by molar-refractivity contribution is 5.49. The zero-order chi connectivity index (χ0) is 16.2. The Morgan fingerprint density at radius 3 is 2.65 bits per heavy atom. The molecule has 0 amide bonds. The van der Waals surface area contributed by atoms with Crippen LogP contribution in [0.2, 0.25) is 0 Å². The fourth-order valence-corrected chi connectivity index (χ4v) is 2.61. The summed E-state index contributed by atoms with van der Waals surface area (Å²) in [6.45, 7) is 5.35. The van der Waals surface area contributed by atoms with Crippen molar-refractivity contribution in [3.8, 4) is 11.9 Å². The van der Waals surface area contributed by atoms with Gasteiger partial charge in [0.05, 0.1) is 11.4 Å². The molecule has 0 aliphatic carbocycles. The van der Waals surface area contributed by atoms with Gasteiger partial charge in [0.1, 0.15) is 12.2 Å². The van der Waals surface area contributed by atoms with E-state index < -0.39 is 0 Å². The van der Waals surface area contributed by atoms with Crippen molar-refractivity contribution in [3.05, 3.63) is 35.7 Å². The largest absolute Gasteiger partial charge is 0.473 e. The van der Waals surface area contributed by atoms with E-state index in [1.54, 1.807) is 12.4 Å². The molecule has 3 heterocycles. The Kier molecular flexibility index (Phi) is 4.33. The van der Waals surface area contributed by atoms with Gasteiger partial charge in [-0.1, -0.05) is 0 Å². The maximum absolute atomic E-state index is 9.13. The van der Waals surface area contributed by atoms with Crippen LogP contribution in [0.3, 0.4) is 0 Å². The van der Waals surface area contributed by atoms with Crippen molar-refractivity contribution in [2.45, 2.75) is 32.8 Å². The van der Waals surface area contributed by atoms with E-state index in [1.807, 2.05) is 13.8 Å². The van der Waals surface area contributed by atoms with Gasteiger partial charge in [-0.3, -0.25) is 4.98 Å². The Labute approximate surface area is 135 Å². The minimum absolute atomic E-state index is 0.100. The first-order valence-corrected chi connectivity index (χ1v) is 7.60. The number of hydrogen-bond acceptors (Lipinski definition) is 7. The van der Waals surface area contributed by atoms with Gasteiger partial charge in [0, 0.05) is 44.5 Å². The number of ether oxygens (including phenoxy) is 1. The van der Waals surface area contributed by atoms with Crippen molar-refractivity contribution >= 4 is 5.82 Å². The van der Waals surface area contributed by atoms with E-state index in [0.29, 0.717) is 17.4 Å². The number of anilines is 1. The fourth-order valence-electron chi connectivity index (χ4n) is 2.61. The number of aryl methyl sites for hydroxylation is 2. The molecule has 1 aliphatic heterocycles. The van der Waals surface area contributed by atoms with Gasteiger partial charge in [-0.15, -0.1) is 0 Å². The Morgan fingerprint density at radius 1 is 1.17 bits per heavy atom. The van der Waals surface area contributed by atoms with Crippen molar-refractivity contribution in [3.63, 3.8) is 0 Å². The van der Waals surface area contributed by atoms with Crippen molar-refractivity contribution in [1.29, 1.82) is 5.26 Å². The molecular formula is C16H18N6O. The maximum Gasteiger partial charge on any atom is 0.235 e. The van der Waals surface area contributed by atoms with Gasteiger partial charge in [0.25, 0.3) is 0 Å².